The van der Waals surface area contributed by atoms with Crippen molar-refractivity contribution in [1.82, 2.24) is 15.0 Å². The van der Waals surface area contributed by atoms with E-state index >= 15 is 0 Å². The molecule has 0 aliphatic rings. The maximum absolute atomic E-state index is 11.9. The van der Waals surface area contributed by atoms with Crippen molar-refractivity contribution < 1.29 is 8.42 Å². The summed E-state index contributed by atoms with van der Waals surface area (Å²) in [6.07, 6.45) is 3.31. The van der Waals surface area contributed by atoms with Crippen molar-refractivity contribution in [3.8, 4) is 0 Å². The van der Waals surface area contributed by atoms with Gasteiger partial charge in [0.25, 0.3) is 0 Å². The quantitative estimate of drug-likeness (QED) is 0.683. The fourth-order valence-electron chi connectivity index (χ4n) is 1.67. The molecule has 1 aromatic heterocycles. The molecule has 19 heavy (non-hydrogen) atoms. The van der Waals surface area contributed by atoms with Crippen LogP contribution < -0.4 is 10.0 Å². The zero-order valence-electron chi connectivity index (χ0n) is 11.8. The standard InChI is InChI=1S/C12H23N3O2S2/c1-4-13-7-5-6-8-19(16,17)15-11(3)12-14-9-10(2)18-12/h9,11,13,15H,4-8H2,1-3H3. The number of unbranched alkanes of at least 4 members (excludes halogenated alkanes) is 1. The summed E-state index contributed by atoms with van der Waals surface area (Å²) >= 11 is 1.52. The molecular formula is C12H23N3O2S2. The molecule has 5 nitrogen and oxygen atoms in total. The van der Waals surface area contributed by atoms with Crippen LogP contribution in [-0.4, -0.2) is 32.2 Å². The smallest absolute Gasteiger partial charge is 0.212 e. The molecule has 0 radical (unpaired) electrons. The first-order chi connectivity index (χ1) is 8.94. The van der Waals surface area contributed by atoms with Crippen LogP contribution in [0.2, 0.25) is 0 Å². The Labute approximate surface area is 119 Å². The van der Waals surface area contributed by atoms with Crippen LogP contribution in [-0.2, 0) is 10.0 Å². The number of aromatic nitrogens is 1. The summed E-state index contributed by atoms with van der Waals surface area (Å²) in [6.45, 7) is 7.62. The monoisotopic (exact) mass is 305 g/mol. The largest absolute Gasteiger partial charge is 0.317 e. The van der Waals surface area contributed by atoms with E-state index in [1.165, 1.54) is 11.3 Å². The number of nitrogens with zero attached hydrogens (tertiary/aromatic N) is 1. The summed E-state index contributed by atoms with van der Waals surface area (Å²) in [4.78, 5) is 5.29. The first-order valence-electron chi connectivity index (χ1n) is 6.57. The third-order valence-corrected chi connectivity index (χ3v) is 5.27. The van der Waals surface area contributed by atoms with E-state index in [-0.39, 0.29) is 11.8 Å². The Balaban J connectivity index is 2.37. The zero-order valence-corrected chi connectivity index (χ0v) is 13.4. The van der Waals surface area contributed by atoms with Crippen LogP contribution in [0.4, 0.5) is 0 Å². The highest BCUT2D eigenvalue weighted by atomic mass is 32.2. The summed E-state index contributed by atoms with van der Waals surface area (Å²) in [6, 6.07) is -0.252. The van der Waals surface area contributed by atoms with Gasteiger partial charge in [-0.25, -0.2) is 18.1 Å². The number of aryl methyl sites for hydroxylation is 1. The van der Waals surface area contributed by atoms with Crippen molar-refractivity contribution in [2.24, 2.45) is 0 Å². The Morgan fingerprint density at radius 3 is 2.74 bits per heavy atom. The molecule has 1 heterocycles. The summed E-state index contributed by atoms with van der Waals surface area (Å²) < 4.78 is 26.5. The molecule has 1 unspecified atom stereocenters. The lowest BCUT2D eigenvalue weighted by Gasteiger charge is -2.11. The minimum atomic E-state index is -3.22. The SMILES string of the molecule is CCNCCCCS(=O)(=O)NC(C)c1ncc(C)s1. The normalized spacial score (nSPS) is 13.6. The average Bonchev–Trinajstić information content (AvgIpc) is 2.75. The van der Waals surface area contributed by atoms with Crippen LogP contribution >= 0.6 is 11.3 Å². The van der Waals surface area contributed by atoms with Gasteiger partial charge in [-0.05, 0) is 39.8 Å². The van der Waals surface area contributed by atoms with Gasteiger partial charge in [-0.1, -0.05) is 6.92 Å². The van der Waals surface area contributed by atoms with Crippen molar-refractivity contribution in [3.63, 3.8) is 0 Å². The molecule has 0 aliphatic carbocycles. The molecule has 0 aliphatic heterocycles. The lowest BCUT2D eigenvalue weighted by molar-refractivity contribution is 0.560. The Hall–Kier alpha value is -0.500. The van der Waals surface area contributed by atoms with E-state index in [2.05, 4.69) is 15.0 Å². The van der Waals surface area contributed by atoms with Gasteiger partial charge in [0, 0.05) is 11.1 Å². The Morgan fingerprint density at radius 2 is 2.16 bits per heavy atom. The third-order valence-electron chi connectivity index (χ3n) is 2.63. The maximum Gasteiger partial charge on any atom is 0.212 e. The second-order valence-corrected chi connectivity index (χ2v) is 7.67. The van der Waals surface area contributed by atoms with Gasteiger partial charge < -0.3 is 5.32 Å². The van der Waals surface area contributed by atoms with Gasteiger partial charge in [0.1, 0.15) is 5.01 Å². The van der Waals surface area contributed by atoms with Crippen molar-refractivity contribution in [1.29, 1.82) is 0 Å². The van der Waals surface area contributed by atoms with E-state index in [1.54, 1.807) is 6.20 Å². The molecule has 0 aromatic carbocycles. The minimum Gasteiger partial charge on any atom is -0.317 e. The number of thiazole rings is 1. The van der Waals surface area contributed by atoms with Gasteiger partial charge in [0.05, 0.1) is 11.8 Å². The number of rotatable bonds is 9. The van der Waals surface area contributed by atoms with Crippen molar-refractivity contribution in [2.45, 2.75) is 39.7 Å². The fraction of sp³-hybridized carbons (Fsp3) is 0.750. The topological polar surface area (TPSA) is 71.1 Å². The van der Waals surface area contributed by atoms with Gasteiger partial charge in [-0.15, -0.1) is 11.3 Å². The molecule has 110 valence electrons. The van der Waals surface area contributed by atoms with Crippen molar-refractivity contribution >= 4 is 21.4 Å². The van der Waals surface area contributed by atoms with Crippen molar-refractivity contribution in [3.05, 3.63) is 16.1 Å². The van der Waals surface area contributed by atoms with E-state index in [0.717, 1.165) is 29.4 Å². The second kappa shape index (κ2) is 7.94. The van der Waals surface area contributed by atoms with Crippen LogP contribution in [0.25, 0.3) is 0 Å². The zero-order chi connectivity index (χ0) is 14.3. The molecular weight excluding hydrogens is 282 g/mol. The number of nitrogens with one attached hydrogen (secondary N) is 2. The molecule has 0 spiro atoms. The molecule has 1 rings (SSSR count). The highest BCUT2D eigenvalue weighted by Crippen LogP contribution is 2.19. The first kappa shape index (κ1) is 16.6. The van der Waals surface area contributed by atoms with Gasteiger partial charge >= 0.3 is 0 Å². The molecule has 7 heteroatoms. The number of sulfonamides is 1. The fourth-order valence-corrected chi connectivity index (χ4v) is 3.87. The Morgan fingerprint density at radius 1 is 1.42 bits per heavy atom. The average molecular weight is 305 g/mol. The molecule has 1 aromatic rings. The lowest BCUT2D eigenvalue weighted by atomic mass is 10.3. The highest BCUT2D eigenvalue weighted by molar-refractivity contribution is 7.89. The Bertz CT molecular complexity index is 471. The van der Waals surface area contributed by atoms with E-state index in [0.29, 0.717) is 6.42 Å². The molecule has 0 amide bonds. The Kier molecular flexibility index (Phi) is 6.92. The predicted molar refractivity (Wildman–Crippen MR) is 80.0 cm³/mol. The van der Waals surface area contributed by atoms with Gasteiger partial charge in [-0.3, -0.25) is 0 Å². The highest BCUT2D eigenvalue weighted by Gasteiger charge is 2.17. The number of hydrogen-bond acceptors (Lipinski definition) is 5. The minimum absolute atomic E-state index is 0.174. The van der Waals surface area contributed by atoms with Gasteiger partial charge in [0.2, 0.25) is 10.0 Å². The van der Waals surface area contributed by atoms with Crippen molar-refractivity contribution in [2.75, 3.05) is 18.8 Å². The third kappa shape index (κ3) is 6.47. The van der Waals surface area contributed by atoms with E-state index in [4.69, 9.17) is 0 Å². The molecule has 2 N–H and O–H groups in total. The first-order valence-corrected chi connectivity index (χ1v) is 9.04. The summed E-state index contributed by atoms with van der Waals surface area (Å²) in [7, 11) is -3.22. The predicted octanol–water partition coefficient (Wildman–Crippen LogP) is 1.82. The van der Waals surface area contributed by atoms with Crippen LogP contribution in [0.5, 0.6) is 0 Å². The molecule has 0 bridgehead atoms. The van der Waals surface area contributed by atoms with Crippen LogP contribution in [0.3, 0.4) is 0 Å². The van der Waals surface area contributed by atoms with Gasteiger partial charge in [0.15, 0.2) is 0 Å². The van der Waals surface area contributed by atoms with Crippen LogP contribution in [0.1, 0.15) is 42.6 Å². The van der Waals surface area contributed by atoms with E-state index < -0.39 is 10.0 Å². The molecule has 0 saturated heterocycles. The summed E-state index contributed by atoms with van der Waals surface area (Å²) in [5, 5.41) is 3.99. The molecule has 1 atom stereocenters. The molecule has 0 saturated carbocycles. The summed E-state index contributed by atoms with van der Waals surface area (Å²) in [5.41, 5.74) is 0. The molecule has 0 fully saturated rings. The second-order valence-electron chi connectivity index (χ2n) is 4.53. The number of hydrogen-bond donors (Lipinski definition) is 2. The lowest BCUT2D eigenvalue weighted by Crippen LogP contribution is -2.29. The maximum atomic E-state index is 11.9. The van der Waals surface area contributed by atoms with Crippen LogP contribution in [0.15, 0.2) is 6.20 Å². The van der Waals surface area contributed by atoms with E-state index in [1.807, 2.05) is 20.8 Å². The summed E-state index contributed by atoms with van der Waals surface area (Å²) in [5.74, 6) is 0.174. The van der Waals surface area contributed by atoms with E-state index in [9.17, 15) is 8.42 Å². The van der Waals surface area contributed by atoms with Crippen LogP contribution in [0, 0.1) is 6.92 Å². The van der Waals surface area contributed by atoms with Gasteiger partial charge in [-0.2, -0.15) is 0 Å².